The molecular weight excluding hydrogens is 258 g/mol. The Balaban J connectivity index is 2.07. The van der Waals surface area contributed by atoms with Gasteiger partial charge in [-0.2, -0.15) is 0 Å². The number of carbonyl (C=O) groups is 1. The highest BCUT2D eigenvalue weighted by Crippen LogP contribution is 2.34. The molecule has 0 heterocycles. The minimum absolute atomic E-state index is 0.212. The summed E-state index contributed by atoms with van der Waals surface area (Å²) in [5.41, 5.74) is 3.33. The van der Waals surface area contributed by atoms with E-state index >= 15 is 0 Å². The summed E-state index contributed by atoms with van der Waals surface area (Å²) in [7, 11) is 0. The summed E-state index contributed by atoms with van der Waals surface area (Å²) in [5.74, 6) is 1.04. The highest BCUT2D eigenvalue weighted by atomic mass is 16.1. The van der Waals surface area contributed by atoms with Crippen LogP contribution in [0.3, 0.4) is 0 Å². The van der Waals surface area contributed by atoms with Crippen molar-refractivity contribution in [3.05, 3.63) is 29.3 Å². The maximum atomic E-state index is 12.7. The van der Waals surface area contributed by atoms with Gasteiger partial charge in [0.15, 0.2) is 0 Å². The third-order valence-corrected chi connectivity index (χ3v) is 4.90. The summed E-state index contributed by atoms with van der Waals surface area (Å²) in [6.07, 6.45) is 8.46. The molecule has 1 aromatic carbocycles. The van der Waals surface area contributed by atoms with Crippen molar-refractivity contribution in [2.45, 2.75) is 65.7 Å². The zero-order valence-electron chi connectivity index (χ0n) is 13.7. The number of anilines is 1. The molecule has 2 unspecified atom stereocenters. The molecule has 0 bridgehead atoms. The van der Waals surface area contributed by atoms with E-state index in [1.807, 2.05) is 6.07 Å². The SMILES string of the molecule is CCCCC1CCCCC1C(=O)Nc1c(C)cccc1C. The molecular formula is C19H29NO. The number of para-hydroxylation sites is 1. The molecule has 0 saturated heterocycles. The lowest BCUT2D eigenvalue weighted by Gasteiger charge is -2.31. The van der Waals surface area contributed by atoms with Crippen LogP contribution in [-0.2, 0) is 4.79 Å². The predicted molar refractivity (Wildman–Crippen MR) is 89.5 cm³/mol. The second kappa shape index (κ2) is 7.63. The first kappa shape index (κ1) is 16.1. The van der Waals surface area contributed by atoms with Gasteiger partial charge in [-0.1, -0.05) is 50.8 Å². The Labute approximate surface area is 129 Å². The molecule has 116 valence electrons. The van der Waals surface area contributed by atoms with Crippen LogP contribution in [0.4, 0.5) is 5.69 Å². The molecule has 21 heavy (non-hydrogen) atoms. The van der Waals surface area contributed by atoms with Gasteiger partial charge in [0.05, 0.1) is 0 Å². The molecule has 2 rings (SSSR count). The first-order chi connectivity index (χ1) is 10.1. The Kier molecular flexibility index (Phi) is 5.84. The van der Waals surface area contributed by atoms with E-state index in [-0.39, 0.29) is 11.8 Å². The lowest BCUT2D eigenvalue weighted by atomic mass is 9.76. The molecule has 2 nitrogen and oxygen atoms in total. The Morgan fingerprint density at radius 2 is 1.86 bits per heavy atom. The number of rotatable bonds is 5. The van der Waals surface area contributed by atoms with Crippen LogP contribution in [0.1, 0.15) is 63.0 Å². The third kappa shape index (κ3) is 4.09. The average Bonchev–Trinajstić information content (AvgIpc) is 2.49. The number of carbonyl (C=O) groups excluding carboxylic acids is 1. The van der Waals surface area contributed by atoms with Crippen LogP contribution >= 0.6 is 0 Å². The van der Waals surface area contributed by atoms with Crippen molar-refractivity contribution in [2.24, 2.45) is 11.8 Å². The maximum Gasteiger partial charge on any atom is 0.227 e. The van der Waals surface area contributed by atoms with Crippen molar-refractivity contribution in [3.63, 3.8) is 0 Å². The molecule has 0 spiro atoms. The summed E-state index contributed by atoms with van der Waals surface area (Å²) in [6, 6.07) is 6.18. The monoisotopic (exact) mass is 287 g/mol. The van der Waals surface area contributed by atoms with Crippen LogP contribution in [0.5, 0.6) is 0 Å². The zero-order chi connectivity index (χ0) is 15.2. The minimum atomic E-state index is 0.212. The van der Waals surface area contributed by atoms with Crippen LogP contribution < -0.4 is 5.32 Å². The molecule has 1 aliphatic carbocycles. The molecule has 1 amide bonds. The smallest absolute Gasteiger partial charge is 0.227 e. The fourth-order valence-electron chi connectivity index (χ4n) is 3.59. The van der Waals surface area contributed by atoms with E-state index in [9.17, 15) is 4.79 Å². The Morgan fingerprint density at radius 1 is 1.19 bits per heavy atom. The van der Waals surface area contributed by atoms with Gasteiger partial charge in [0.25, 0.3) is 0 Å². The van der Waals surface area contributed by atoms with Crippen LogP contribution in [0.25, 0.3) is 0 Å². The summed E-state index contributed by atoms with van der Waals surface area (Å²) < 4.78 is 0. The molecule has 0 aliphatic heterocycles. The standard InChI is InChI=1S/C19H29NO/c1-4-5-11-16-12-6-7-13-17(16)19(21)20-18-14(2)9-8-10-15(18)3/h8-10,16-17H,4-7,11-13H2,1-3H3,(H,20,21). The summed E-state index contributed by atoms with van der Waals surface area (Å²) >= 11 is 0. The van der Waals surface area contributed by atoms with Crippen molar-refractivity contribution in [3.8, 4) is 0 Å². The predicted octanol–water partition coefficient (Wildman–Crippen LogP) is 5.24. The van der Waals surface area contributed by atoms with Gasteiger partial charge in [0.2, 0.25) is 5.91 Å². The Hall–Kier alpha value is -1.31. The lowest BCUT2D eigenvalue weighted by Crippen LogP contribution is -2.32. The van der Waals surface area contributed by atoms with Crippen molar-refractivity contribution >= 4 is 11.6 Å². The Morgan fingerprint density at radius 3 is 2.52 bits per heavy atom. The van der Waals surface area contributed by atoms with Crippen LogP contribution in [-0.4, -0.2) is 5.91 Å². The highest BCUT2D eigenvalue weighted by Gasteiger charge is 2.30. The first-order valence-electron chi connectivity index (χ1n) is 8.50. The van der Waals surface area contributed by atoms with E-state index < -0.39 is 0 Å². The van der Waals surface area contributed by atoms with E-state index in [0.717, 1.165) is 23.2 Å². The van der Waals surface area contributed by atoms with Crippen molar-refractivity contribution in [1.29, 1.82) is 0 Å². The Bertz CT molecular complexity index is 460. The van der Waals surface area contributed by atoms with Crippen LogP contribution in [0, 0.1) is 25.7 Å². The topological polar surface area (TPSA) is 29.1 Å². The number of hydrogen-bond donors (Lipinski definition) is 1. The van der Waals surface area contributed by atoms with Gasteiger partial charge in [-0.25, -0.2) is 0 Å². The van der Waals surface area contributed by atoms with Crippen molar-refractivity contribution < 1.29 is 4.79 Å². The molecule has 2 heteroatoms. The fourth-order valence-corrected chi connectivity index (χ4v) is 3.59. The van der Waals surface area contributed by atoms with Crippen molar-refractivity contribution in [2.75, 3.05) is 5.32 Å². The zero-order valence-corrected chi connectivity index (χ0v) is 13.7. The highest BCUT2D eigenvalue weighted by molar-refractivity contribution is 5.94. The molecule has 2 atom stereocenters. The van der Waals surface area contributed by atoms with Gasteiger partial charge in [0.1, 0.15) is 0 Å². The second-order valence-electron chi connectivity index (χ2n) is 6.55. The number of nitrogens with one attached hydrogen (secondary N) is 1. The van der Waals surface area contributed by atoms with Gasteiger partial charge in [0, 0.05) is 11.6 Å². The van der Waals surface area contributed by atoms with E-state index in [1.165, 1.54) is 38.5 Å². The quantitative estimate of drug-likeness (QED) is 0.788. The van der Waals surface area contributed by atoms with Gasteiger partial charge >= 0.3 is 0 Å². The molecule has 1 fully saturated rings. The number of unbranched alkanes of at least 4 members (excludes halogenated alkanes) is 1. The first-order valence-corrected chi connectivity index (χ1v) is 8.50. The van der Waals surface area contributed by atoms with Crippen LogP contribution in [0.2, 0.25) is 0 Å². The number of hydrogen-bond acceptors (Lipinski definition) is 1. The third-order valence-electron chi connectivity index (χ3n) is 4.90. The van der Waals surface area contributed by atoms with Gasteiger partial charge < -0.3 is 5.32 Å². The van der Waals surface area contributed by atoms with E-state index in [0.29, 0.717) is 5.92 Å². The van der Waals surface area contributed by atoms with Crippen molar-refractivity contribution in [1.82, 2.24) is 0 Å². The summed E-state index contributed by atoms with van der Waals surface area (Å²) in [4.78, 5) is 12.7. The fraction of sp³-hybridized carbons (Fsp3) is 0.632. The van der Waals surface area contributed by atoms with Gasteiger partial charge in [-0.05, 0) is 50.2 Å². The minimum Gasteiger partial charge on any atom is -0.325 e. The molecule has 0 aromatic heterocycles. The van der Waals surface area contributed by atoms with E-state index in [2.05, 4.69) is 38.2 Å². The largest absolute Gasteiger partial charge is 0.325 e. The van der Waals surface area contributed by atoms with Gasteiger partial charge in [-0.15, -0.1) is 0 Å². The maximum absolute atomic E-state index is 12.7. The number of amides is 1. The normalized spacial score (nSPS) is 22.0. The number of benzene rings is 1. The van der Waals surface area contributed by atoms with Gasteiger partial charge in [-0.3, -0.25) is 4.79 Å². The number of aryl methyl sites for hydroxylation is 2. The summed E-state index contributed by atoms with van der Waals surface area (Å²) in [5, 5.41) is 3.22. The molecule has 1 saturated carbocycles. The van der Waals surface area contributed by atoms with E-state index in [1.54, 1.807) is 0 Å². The molecule has 0 radical (unpaired) electrons. The molecule has 1 aliphatic rings. The van der Waals surface area contributed by atoms with E-state index in [4.69, 9.17) is 0 Å². The lowest BCUT2D eigenvalue weighted by molar-refractivity contribution is -0.122. The average molecular weight is 287 g/mol. The second-order valence-corrected chi connectivity index (χ2v) is 6.55. The summed E-state index contributed by atoms with van der Waals surface area (Å²) in [6.45, 7) is 6.37. The van der Waals surface area contributed by atoms with Crippen LogP contribution in [0.15, 0.2) is 18.2 Å². The molecule has 1 N–H and O–H groups in total. The molecule has 1 aromatic rings.